The van der Waals surface area contributed by atoms with Crippen molar-refractivity contribution < 1.29 is 4.79 Å². The first-order valence-electron chi connectivity index (χ1n) is 7.85. The molecule has 0 spiro atoms. The van der Waals surface area contributed by atoms with Crippen LogP contribution in [0.4, 0.5) is 0 Å². The number of halogens is 1. The van der Waals surface area contributed by atoms with Crippen molar-refractivity contribution in [2.24, 2.45) is 5.73 Å². The highest BCUT2D eigenvalue weighted by atomic mass is 35.5. The summed E-state index contributed by atoms with van der Waals surface area (Å²) in [7, 11) is 0. The van der Waals surface area contributed by atoms with Crippen LogP contribution in [-0.4, -0.2) is 19.0 Å². The first kappa shape index (κ1) is 19.2. The summed E-state index contributed by atoms with van der Waals surface area (Å²) in [5, 5.41) is 3.04. The zero-order chi connectivity index (χ0) is 15.6. The SMILES string of the molecule is Cl.NCCCC(=O)NCC(Cc1ccccc1)c1ccccc1. The van der Waals surface area contributed by atoms with Crippen LogP contribution in [0.1, 0.15) is 29.9 Å². The Hall–Kier alpha value is -1.84. The van der Waals surface area contributed by atoms with E-state index in [0.29, 0.717) is 19.5 Å². The normalized spacial score (nSPS) is 11.3. The number of benzene rings is 2. The highest BCUT2D eigenvalue weighted by Crippen LogP contribution is 2.20. The van der Waals surface area contributed by atoms with Gasteiger partial charge < -0.3 is 11.1 Å². The van der Waals surface area contributed by atoms with E-state index in [1.165, 1.54) is 11.1 Å². The van der Waals surface area contributed by atoms with Gasteiger partial charge in [0.2, 0.25) is 5.91 Å². The monoisotopic (exact) mass is 332 g/mol. The first-order valence-corrected chi connectivity index (χ1v) is 7.85. The minimum absolute atomic E-state index is 0. The van der Waals surface area contributed by atoms with Gasteiger partial charge in [-0.2, -0.15) is 0 Å². The molecule has 0 bridgehead atoms. The molecule has 0 fully saturated rings. The second kappa shape index (κ2) is 10.8. The Kier molecular flexibility index (Phi) is 9.03. The minimum atomic E-state index is 0. The largest absolute Gasteiger partial charge is 0.355 e. The molecule has 2 aromatic carbocycles. The fraction of sp³-hybridized carbons (Fsp3) is 0.316. The van der Waals surface area contributed by atoms with Crippen molar-refractivity contribution in [1.29, 1.82) is 0 Å². The molecule has 3 N–H and O–H groups in total. The number of carbonyl (C=O) groups is 1. The molecular weight excluding hydrogens is 308 g/mol. The number of hydrogen-bond donors (Lipinski definition) is 2. The van der Waals surface area contributed by atoms with E-state index in [4.69, 9.17) is 5.73 Å². The number of nitrogens with one attached hydrogen (secondary N) is 1. The van der Waals surface area contributed by atoms with Gasteiger partial charge in [-0.15, -0.1) is 12.4 Å². The lowest BCUT2D eigenvalue weighted by atomic mass is 9.92. The van der Waals surface area contributed by atoms with E-state index in [-0.39, 0.29) is 24.2 Å². The predicted molar refractivity (Wildman–Crippen MR) is 97.9 cm³/mol. The van der Waals surface area contributed by atoms with Gasteiger partial charge in [-0.3, -0.25) is 4.79 Å². The van der Waals surface area contributed by atoms with Crippen molar-refractivity contribution in [2.75, 3.05) is 13.1 Å². The molecule has 0 aliphatic heterocycles. The van der Waals surface area contributed by atoms with Crippen LogP contribution in [0.15, 0.2) is 60.7 Å². The second-order valence-corrected chi connectivity index (χ2v) is 5.49. The van der Waals surface area contributed by atoms with E-state index in [9.17, 15) is 4.79 Å². The lowest BCUT2D eigenvalue weighted by Gasteiger charge is -2.18. The number of rotatable bonds is 8. The summed E-state index contributed by atoms with van der Waals surface area (Å²) in [5.41, 5.74) is 7.99. The van der Waals surface area contributed by atoms with E-state index in [1.807, 2.05) is 24.3 Å². The topological polar surface area (TPSA) is 55.1 Å². The summed E-state index contributed by atoms with van der Waals surface area (Å²) in [6.45, 7) is 1.21. The van der Waals surface area contributed by atoms with Crippen molar-refractivity contribution >= 4 is 18.3 Å². The van der Waals surface area contributed by atoms with Crippen LogP contribution >= 0.6 is 12.4 Å². The maximum Gasteiger partial charge on any atom is 0.220 e. The Morgan fingerprint density at radius 1 is 1.00 bits per heavy atom. The Balaban J connectivity index is 0.00000264. The molecule has 0 aliphatic rings. The summed E-state index contributed by atoms with van der Waals surface area (Å²) in [6, 6.07) is 20.7. The molecule has 3 nitrogen and oxygen atoms in total. The van der Waals surface area contributed by atoms with Crippen molar-refractivity contribution in [3.05, 3.63) is 71.8 Å². The summed E-state index contributed by atoms with van der Waals surface area (Å²) in [4.78, 5) is 11.8. The van der Waals surface area contributed by atoms with Gasteiger partial charge in [0.15, 0.2) is 0 Å². The summed E-state index contributed by atoms with van der Waals surface area (Å²) >= 11 is 0. The Morgan fingerprint density at radius 3 is 2.22 bits per heavy atom. The molecular formula is C19H25ClN2O. The van der Waals surface area contributed by atoms with E-state index in [0.717, 1.165) is 12.8 Å². The Labute approximate surface area is 144 Å². The van der Waals surface area contributed by atoms with Gasteiger partial charge in [-0.25, -0.2) is 0 Å². The average molecular weight is 333 g/mol. The number of hydrogen-bond acceptors (Lipinski definition) is 2. The zero-order valence-corrected chi connectivity index (χ0v) is 14.1. The fourth-order valence-electron chi connectivity index (χ4n) is 2.52. The lowest BCUT2D eigenvalue weighted by molar-refractivity contribution is -0.121. The van der Waals surface area contributed by atoms with Crippen LogP contribution in [0.25, 0.3) is 0 Å². The van der Waals surface area contributed by atoms with Crippen LogP contribution in [-0.2, 0) is 11.2 Å². The number of amides is 1. The highest BCUT2D eigenvalue weighted by molar-refractivity contribution is 5.85. The van der Waals surface area contributed by atoms with Gasteiger partial charge in [0.25, 0.3) is 0 Å². The quantitative estimate of drug-likeness (QED) is 0.779. The lowest BCUT2D eigenvalue weighted by Crippen LogP contribution is -2.29. The molecule has 2 aromatic rings. The van der Waals surface area contributed by atoms with E-state index < -0.39 is 0 Å². The molecule has 4 heteroatoms. The Morgan fingerprint density at radius 2 is 1.61 bits per heavy atom. The summed E-state index contributed by atoms with van der Waals surface area (Å²) in [6.07, 6.45) is 2.16. The molecule has 1 amide bonds. The molecule has 0 saturated carbocycles. The van der Waals surface area contributed by atoms with Crippen LogP contribution in [0, 0.1) is 0 Å². The molecule has 0 aliphatic carbocycles. The second-order valence-electron chi connectivity index (χ2n) is 5.49. The van der Waals surface area contributed by atoms with Gasteiger partial charge in [-0.1, -0.05) is 60.7 Å². The summed E-state index contributed by atoms with van der Waals surface area (Å²) in [5.74, 6) is 0.366. The molecule has 0 heterocycles. The third-order valence-electron chi connectivity index (χ3n) is 3.75. The van der Waals surface area contributed by atoms with E-state index in [1.54, 1.807) is 0 Å². The van der Waals surface area contributed by atoms with Crippen LogP contribution < -0.4 is 11.1 Å². The molecule has 0 radical (unpaired) electrons. The van der Waals surface area contributed by atoms with Gasteiger partial charge >= 0.3 is 0 Å². The van der Waals surface area contributed by atoms with Crippen LogP contribution in [0.2, 0.25) is 0 Å². The van der Waals surface area contributed by atoms with Crippen molar-refractivity contribution in [1.82, 2.24) is 5.32 Å². The molecule has 1 unspecified atom stereocenters. The van der Waals surface area contributed by atoms with Crippen molar-refractivity contribution in [3.8, 4) is 0 Å². The third kappa shape index (κ3) is 6.85. The van der Waals surface area contributed by atoms with Gasteiger partial charge in [0.1, 0.15) is 0 Å². The first-order chi connectivity index (χ1) is 10.8. The van der Waals surface area contributed by atoms with Crippen molar-refractivity contribution in [2.45, 2.75) is 25.2 Å². The van der Waals surface area contributed by atoms with Crippen molar-refractivity contribution in [3.63, 3.8) is 0 Å². The van der Waals surface area contributed by atoms with Gasteiger partial charge in [-0.05, 0) is 30.5 Å². The molecule has 1 atom stereocenters. The molecule has 0 saturated heterocycles. The maximum atomic E-state index is 11.8. The Bertz CT molecular complexity index is 560. The fourth-order valence-corrected chi connectivity index (χ4v) is 2.52. The maximum absolute atomic E-state index is 11.8. The van der Waals surface area contributed by atoms with Gasteiger partial charge in [0.05, 0.1) is 0 Å². The number of carbonyl (C=O) groups excluding carboxylic acids is 1. The molecule has 0 aromatic heterocycles. The van der Waals surface area contributed by atoms with E-state index in [2.05, 4.69) is 41.7 Å². The van der Waals surface area contributed by atoms with E-state index >= 15 is 0 Å². The minimum Gasteiger partial charge on any atom is -0.355 e. The molecule has 2 rings (SSSR count). The highest BCUT2D eigenvalue weighted by Gasteiger charge is 2.13. The smallest absolute Gasteiger partial charge is 0.220 e. The van der Waals surface area contributed by atoms with Gasteiger partial charge in [0, 0.05) is 18.9 Å². The zero-order valence-electron chi connectivity index (χ0n) is 13.3. The molecule has 124 valence electrons. The van der Waals surface area contributed by atoms with Crippen LogP contribution in [0.5, 0.6) is 0 Å². The number of nitrogens with two attached hydrogens (primary N) is 1. The third-order valence-corrected chi connectivity index (χ3v) is 3.75. The van der Waals surface area contributed by atoms with Crippen LogP contribution in [0.3, 0.4) is 0 Å². The standard InChI is InChI=1S/C19H24N2O.ClH/c20-13-7-12-19(22)21-15-18(17-10-5-2-6-11-17)14-16-8-3-1-4-9-16;/h1-6,8-11,18H,7,12-15,20H2,(H,21,22);1H. The molecule has 23 heavy (non-hydrogen) atoms. The summed E-state index contributed by atoms with van der Waals surface area (Å²) < 4.78 is 0. The average Bonchev–Trinajstić information content (AvgIpc) is 2.58. The predicted octanol–water partition coefficient (Wildman–Crippen LogP) is 3.29.